The molecule has 0 unspecified atom stereocenters. The van der Waals surface area contributed by atoms with Gasteiger partial charge in [-0.25, -0.2) is 0 Å². The average Bonchev–Trinajstić information content (AvgIpc) is 2.73. The lowest BCUT2D eigenvalue weighted by molar-refractivity contribution is -0.384. The minimum Gasteiger partial charge on any atom is -0.406 e. The molecule has 1 aliphatic heterocycles. The number of nitrogens with one attached hydrogen (secondary N) is 1. The van der Waals surface area contributed by atoms with Crippen molar-refractivity contribution in [2.24, 2.45) is 0 Å². The minimum absolute atomic E-state index is 0.187. The summed E-state index contributed by atoms with van der Waals surface area (Å²) in [7, 11) is 0. The highest BCUT2D eigenvalue weighted by Crippen LogP contribution is 2.31. The maximum Gasteiger partial charge on any atom is 0.573 e. The Bertz CT molecular complexity index is 944. The summed E-state index contributed by atoms with van der Waals surface area (Å²) in [6.07, 6.45) is -4.79. The predicted octanol–water partition coefficient (Wildman–Crippen LogP) is 4.14. The van der Waals surface area contributed by atoms with Crippen LogP contribution < -0.4 is 10.1 Å². The Morgan fingerprint density at radius 2 is 1.84 bits per heavy atom. The van der Waals surface area contributed by atoms with Gasteiger partial charge >= 0.3 is 6.36 Å². The highest BCUT2D eigenvalue weighted by molar-refractivity contribution is 5.95. The van der Waals surface area contributed by atoms with Gasteiger partial charge in [0.1, 0.15) is 11.4 Å². The van der Waals surface area contributed by atoms with E-state index in [2.05, 4.69) is 10.1 Å². The summed E-state index contributed by atoms with van der Waals surface area (Å²) in [6, 6.07) is 8.90. The molecular formula is C20H20F3N3O5. The highest BCUT2D eigenvalue weighted by atomic mass is 19.4. The summed E-state index contributed by atoms with van der Waals surface area (Å²) >= 11 is 0. The molecule has 11 heteroatoms. The van der Waals surface area contributed by atoms with Crippen molar-refractivity contribution in [3.63, 3.8) is 0 Å². The first-order chi connectivity index (χ1) is 14.6. The molecule has 2 aromatic rings. The second-order valence-electron chi connectivity index (χ2n) is 6.88. The monoisotopic (exact) mass is 439 g/mol. The number of anilines is 1. The van der Waals surface area contributed by atoms with Crippen LogP contribution in [0.2, 0.25) is 0 Å². The largest absolute Gasteiger partial charge is 0.573 e. The first-order valence-corrected chi connectivity index (χ1v) is 9.42. The summed E-state index contributed by atoms with van der Waals surface area (Å²) < 4.78 is 45.9. The first kappa shape index (κ1) is 22.3. The van der Waals surface area contributed by atoms with E-state index in [0.29, 0.717) is 31.9 Å². The smallest absolute Gasteiger partial charge is 0.406 e. The molecule has 1 N–H and O–H groups in total. The van der Waals surface area contributed by atoms with Crippen molar-refractivity contribution < 1.29 is 32.4 Å². The number of nitro benzene ring substituents is 1. The molecule has 0 bridgehead atoms. The van der Waals surface area contributed by atoms with Crippen molar-refractivity contribution >= 4 is 17.3 Å². The number of halogens is 3. The average molecular weight is 439 g/mol. The highest BCUT2D eigenvalue weighted by Gasteiger charge is 2.31. The zero-order valence-corrected chi connectivity index (χ0v) is 16.5. The predicted molar refractivity (Wildman–Crippen MR) is 105 cm³/mol. The molecule has 1 saturated heterocycles. The summed E-state index contributed by atoms with van der Waals surface area (Å²) in [4.78, 5) is 25.1. The van der Waals surface area contributed by atoms with Crippen LogP contribution in [0.3, 0.4) is 0 Å². The topological polar surface area (TPSA) is 93.9 Å². The number of rotatable bonds is 6. The fraction of sp³-hybridized carbons (Fsp3) is 0.350. The zero-order chi connectivity index (χ0) is 22.6. The third-order valence-corrected chi connectivity index (χ3v) is 4.73. The van der Waals surface area contributed by atoms with Crippen LogP contribution in [0.1, 0.15) is 28.9 Å². The standard InChI is InChI=1S/C20H20F3N3O5/c1-13(14-2-5-16(6-3-14)31-20(21,22)23)24-17-7-4-15(12-18(17)26(28)29)19(27)25-8-10-30-11-9-25/h2-7,12-13,24H,8-11H2,1H3/t13-/m1/s1. The SMILES string of the molecule is C[C@@H](Nc1ccc(C(=O)N2CCOCC2)cc1[N+](=O)[O-])c1ccc(OC(F)(F)F)cc1. The second kappa shape index (κ2) is 9.21. The second-order valence-corrected chi connectivity index (χ2v) is 6.88. The molecule has 1 aliphatic rings. The van der Waals surface area contributed by atoms with Gasteiger partial charge in [-0.15, -0.1) is 13.2 Å². The van der Waals surface area contributed by atoms with E-state index in [4.69, 9.17) is 4.74 Å². The Morgan fingerprint density at radius 3 is 2.42 bits per heavy atom. The maximum absolute atomic E-state index is 12.6. The number of carbonyl (C=O) groups excluding carboxylic acids is 1. The van der Waals surface area contributed by atoms with E-state index in [1.165, 1.54) is 42.5 Å². The molecular weight excluding hydrogens is 419 g/mol. The number of hydrogen-bond acceptors (Lipinski definition) is 6. The molecule has 2 aromatic carbocycles. The Labute approximate surface area is 175 Å². The minimum atomic E-state index is -4.79. The molecule has 1 heterocycles. The molecule has 166 valence electrons. The van der Waals surface area contributed by atoms with Gasteiger partial charge < -0.3 is 19.7 Å². The van der Waals surface area contributed by atoms with E-state index in [0.717, 1.165) is 0 Å². The van der Waals surface area contributed by atoms with Crippen LogP contribution >= 0.6 is 0 Å². The molecule has 0 radical (unpaired) electrons. The van der Waals surface area contributed by atoms with Gasteiger partial charge in [0.15, 0.2) is 0 Å². The van der Waals surface area contributed by atoms with Gasteiger partial charge in [-0.1, -0.05) is 12.1 Å². The van der Waals surface area contributed by atoms with Crippen LogP contribution in [-0.4, -0.2) is 48.4 Å². The van der Waals surface area contributed by atoms with E-state index in [1.54, 1.807) is 11.8 Å². The summed E-state index contributed by atoms with van der Waals surface area (Å²) in [5.41, 5.74) is 0.701. The van der Waals surface area contributed by atoms with Crippen molar-refractivity contribution in [1.29, 1.82) is 0 Å². The van der Waals surface area contributed by atoms with Crippen LogP contribution in [0.15, 0.2) is 42.5 Å². The van der Waals surface area contributed by atoms with E-state index >= 15 is 0 Å². The number of benzene rings is 2. The van der Waals surface area contributed by atoms with Crippen molar-refractivity contribution in [3.05, 3.63) is 63.7 Å². The lowest BCUT2D eigenvalue weighted by Gasteiger charge is -2.27. The Balaban J connectivity index is 1.75. The summed E-state index contributed by atoms with van der Waals surface area (Å²) in [5, 5.41) is 14.5. The molecule has 3 rings (SSSR count). The van der Waals surface area contributed by atoms with Gasteiger partial charge in [0.2, 0.25) is 0 Å². The number of ether oxygens (including phenoxy) is 2. The third-order valence-electron chi connectivity index (χ3n) is 4.73. The van der Waals surface area contributed by atoms with Gasteiger partial charge in [-0.3, -0.25) is 14.9 Å². The Kier molecular flexibility index (Phi) is 6.64. The number of alkyl halides is 3. The Morgan fingerprint density at radius 1 is 1.19 bits per heavy atom. The fourth-order valence-electron chi connectivity index (χ4n) is 3.16. The van der Waals surface area contributed by atoms with Crippen molar-refractivity contribution in [2.45, 2.75) is 19.3 Å². The van der Waals surface area contributed by atoms with Gasteiger partial charge in [0.05, 0.1) is 18.1 Å². The van der Waals surface area contributed by atoms with E-state index < -0.39 is 17.3 Å². The number of amides is 1. The van der Waals surface area contributed by atoms with Crippen molar-refractivity contribution in [3.8, 4) is 5.75 Å². The molecule has 0 saturated carbocycles. The molecule has 1 fully saturated rings. The maximum atomic E-state index is 12.6. The number of hydrogen-bond donors (Lipinski definition) is 1. The normalized spacial score (nSPS) is 15.3. The Hall–Kier alpha value is -3.34. The molecule has 31 heavy (non-hydrogen) atoms. The van der Waals surface area contributed by atoms with Gasteiger partial charge in [-0.2, -0.15) is 0 Å². The van der Waals surface area contributed by atoms with Crippen LogP contribution in [0.25, 0.3) is 0 Å². The molecule has 1 atom stereocenters. The van der Waals surface area contributed by atoms with Crippen LogP contribution in [0.5, 0.6) is 5.75 Å². The van der Waals surface area contributed by atoms with Crippen molar-refractivity contribution in [1.82, 2.24) is 4.90 Å². The van der Waals surface area contributed by atoms with E-state index in [9.17, 15) is 28.1 Å². The number of carbonyl (C=O) groups is 1. The molecule has 8 nitrogen and oxygen atoms in total. The van der Waals surface area contributed by atoms with Gasteiger partial charge in [0, 0.05) is 30.8 Å². The molecule has 0 spiro atoms. The van der Waals surface area contributed by atoms with Crippen LogP contribution in [0.4, 0.5) is 24.5 Å². The number of nitrogens with zero attached hydrogens (tertiary/aromatic N) is 2. The van der Waals surface area contributed by atoms with Gasteiger partial charge in [0.25, 0.3) is 11.6 Å². The van der Waals surface area contributed by atoms with Crippen LogP contribution in [-0.2, 0) is 4.74 Å². The fourth-order valence-corrected chi connectivity index (χ4v) is 3.16. The summed E-state index contributed by atoms with van der Waals surface area (Å²) in [6.45, 7) is 3.36. The lowest BCUT2D eigenvalue weighted by atomic mass is 10.1. The summed E-state index contributed by atoms with van der Waals surface area (Å²) in [5.74, 6) is -0.674. The van der Waals surface area contributed by atoms with Crippen molar-refractivity contribution in [2.75, 3.05) is 31.6 Å². The molecule has 0 aliphatic carbocycles. The van der Waals surface area contributed by atoms with E-state index in [1.807, 2.05) is 0 Å². The first-order valence-electron chi connectivity index (χ1n) is 9.42. The molecule has 0 aromatic heterocycles. The third kappa shape index (κ3) is 5.85. The zero-order valence-electron chi connectivity index (χ0n) is 16.5. The quantitative estimate of drug-likeness (QED) is 0.537. The lowest BCUT2D eigenvalue weighted by Crippen LogP contribution is -2.40. The number of morpholine rings is 1. The van der Waals surface area contributed by atoms with Crippen LogP contribution in [0, 0.1) is 10.1 Å². The number of nitro groups is 1. The molecule has 1 amide bonds. The van der Waals surface area contributed by atoms with E-state index in [-0.39, 0.29) is 28.6 Å². The van der Waals surface area contributed by atoms with Gasteiger partial charge in [-0.05, 0) is 36.8 Å².